The molecule has 0 aromatic rings. The Balaban J connectivity index is 3.41. The van der Waals surface area contributed by atoms with Crippen molar-refractivity contribution in [3.8, 4) is 0 Å². The molecule has 0 saturated heterocycles. The predicted molar refractivity (Wildman–Crippen MR) is 29.2 cm³/mol. The third kappa shape index (κ3) is 4.76. The van der Waals surface area contributed by atoms with Crippen LogP contribution >= 0.6 is 0 Å². The van der Waals surface area contributed by atoms with Gasteiger partial charge in [0.1, 0.15) is 0 Å². The summed E-state index contributed by atoms with van der Waals surface area (Å²) in [5.41, 5.74) is 0. The quantitative estimate of drug-likeness (QED) is 0.213. The van der Waals surface area contributed by atoms with Crippen LogP contribution in [0.4, 0.5) is 0 Å². The predicted octanol–water partition coefficient (Wildman–Crippen LogP) is -1.57. The number of ether oxygens (including phenoxy) is 2. The van der Waals surface area contributed by atoms with Crippen molar-refractivity contribution in [1.29, 1.82) is 0 Å². The first-order chi connectivity index (χ1) is 5.20. The zero-order valence-corrected chi connectivity index (χ0v) is 5.31. The lowest BCUT2D eigenvalue weighted by Crippen LogP contribution is -2.13. The summed E-state index contributed by atoms with van der Waals surface area (Å²) in [5.74, 6) is -2.33. The van der Waals surface area contributed by atoms with Gasteiger partial charge in [0, 0.05) is 0 Å². The number of rotatable bonds is 4. The molecule has 0 heterocycles. The molecule has 0 unspecified atom stereocenters. The molecular formula is C5H4O6. The van der Waals surface area contributed by atoms with E-state index in [-0.39, 0.29) is 12.6 Å². The number of carbonyl (C=O) groups excluding carboxylic acids is 4. The van der Waals surface area contributed by atoms with Crippen LogP contribution in [-0.4, -0.2) is 31.3 Å². The molecule has 6 nitrogen and oxygen atoms in total. The Bertz CT molecular complexity index is 163. The lowest BCUT2D eigenvalue weighted by molar-refractivity contribution is -0.168. The summed E-state index contributed by atoms with van der Waals surface area (Å²) in [6.45, 7) is -0.727. The second kappa shape index (κ2) is 5.10. The van der Waals surface area contributed by atoms with Gasteiger partial charge in [-0.25, -0.2) is 9.59 Å². The number of hydrogen-bond acceptors (Lipinski definition) is 6. The highest BCUT2D eigenvalue weighted by atomic mass is 16.7. The van der Waals surface area contributed by atoms with E-state index in [1.54, 1.807) is 0 Å². The van der Waals surface area contributed by atoms with Crippen LogP contribution in [0, 0.1) is 0 Å². The van der Waals surface area contributed by atoms with Crippen molar-refractivity contribution in [2.24, 2.45) is 0 Å². The van der Waals surface area contributed by atoms with Gasteiger partial charge in [0.15, 0.2) is 0 Å². The zero-order valence-electron chi connectivity index (χ0n) is 5.31. The Morgan fingerprint density at radius 1 is 1.00 bits per heavy atom. The fourth-order valence-corrected chi connectivity index (χ4v) is 0.214. The molecule has 0 aliphatic carbocycles. The minimum absolute atomic E-state index is 0.0885. The van der Waals surface area contributed by atoms with Gasteiger partial charge >= 0.3 is 11.9 Å². The third-order valence-electron chi connectivity index (χ3n) is 0.595. The van der Waals surface area contributed by atoms with Crippen molar-refractivity contribution < 1.29 is 28.7 Å². The fourth-order valence-electron chi connectivity index (χ4n) is 0.214. The van der Waals surface area contributed by atoms with Gasteiger partial charge < -0.3 is 9.47 Å². The van der Waals surface area contributed by atoms with Gasteiger partial charge in [-0.05, 0) is 0 Å². The van der Waals surface area contributed by atoms with E-state index >= 15 is 0 Å². The second-order valence-corrected chi connectivity index (χ2v) is 1.28. The number of hydrogen-bond donors (Lipinski definition) is 0. The molecule has 0 amide bonds. The van der Waals surface area contributed by atoms with Gasteiger partial charge in [0.05, 0.1) is 0 Å². The summed E-state index contributed by atoms with van der Waals surface area (Å²) in [5, 5.41) is 0. The van der Waals surface area contributed by atoms with Gasteiger partial charge in [-0.15, -0.1) is 0 Å². The highest BCUT2D eigenvalue weighted by molar-refractivity contribution is 6.21. The Hall–Kier alpha value is -1.72. The van der Waals surface area contributed by atoms with Crippen LogP contribution in [0.1, 0.15) is 0 Å². The molecular weight excluding hydrogens is 156 g/mol. The molecule has 0 fully saturated rings. The number of aldehydes is 2. The monoisotopic (exact) mass is 160 g/mol. The highest BCUT2D eigenvalue weighted by Crippen LogP contribution is 1.77. The van der Waals surface area contributed by atoms with Crippen molar-refractivity contribution >= 4 is 24.5 Å². The van der Waals surface area contributed by atoms with Crippen molar-refractivity contribution in [3.05, 3.63) is 0 Å². The largest absolute Gasteiger partial charge is 0.422 e. The molecule has 0 rings (SSSR count). The summed E-state index contributed by atoms with van der Waals surface area (Å²) in [6.07, 6.45) is -0.177. The molecule has 11 heavy (non-hydrogen) atoms. The normalized spacial score (nSPS) is 8.00. The van der Waals surface area contributed by atoms with Gasteiger partial charge in [-0.2, -0.15) is 0 Å². The Morgan fingerprint density at radius 2 is 1.36 bits per heavy atom. The summed E-state index contributed by atoms with van der Waals surface area (Å²) in [4.78, 5) is 39.2. The molecule has 0 aromatic heterocycles. The van der Waals surface area contributed by atoms with E-state index in [2.05, 4.69) is 9.47 Å². The Labute approximate surface area is 61.1 Å². The average molecular weight is 160 g/mol. The zero-order chi connectivity index (χ0) is 8.69. The van der Waals surface area contributed by atoms with Crippen LogP contribution in [0.25, 0.3) is 0 Å². The molecule has 0 spiro atoms. The third-order valence-corrected chi connectivity index (χ3v) is 0.595. The maximum absolute atomic E-state index is 10.0. The maximum Gasteiger partial charge on any atom is 0.374 e. The van der Waals surface area contributed by atoms with Crippen molar-refractivity contribution in [2.45, 2.75) is 0 Å². The molecule has 6 heteroatoms. The van der Waals surface area contributed by atoms with Crippen LogP contribution in [0.2, 0.25) is 0 Å². The molecule has 0 bridgehead atoms. The maximum atomic E-state index is 10.0. The standard InChI is InChI=1S/C5H4O6/c6-1-4(8)10-3-11-5(9)2-7/h1-2H,3H2. The van der Waals surface area contributed by atoms with Crippen LogP contribution in [0.15, 0.2) is 0 Å². The first kappa shape index (κ1) is 9.28. The Morgan fingerprint density at radius 3 is 1.64 bits per heavy atom. The first-order valence-electron chi connectivity index (χ1n) is 2.44. The van der Waals surface area contributed by atoms with E-state index in [4.69, 9.17) is 0 Å². The molecule has 0 aliphatic rings. The van der Waals surface area contributed by atoms with Crippen LogP contribution in [0.5, 0.6) is 0 Å². The molecule has 0 aliphatic heterocycles. The van der Waals surface area contributed by atoms with Crippen molar-refractivity contribution in [1.82, 2.24) is 0 Å². The van der Waals surface area contributed by atoms with Gasteiger partial charge in [0.25, 0.3) is 0 Å². The molecule has 0 saturated carbocycles. The van der Waals surface area contributed by atoms with Gasteiger partial charge in [-0.3, -0.25) is 9.59 Å². The van der Waals surface area contributed by atoms with E-state index in [9.17, 15) is 19.2 Å². The summed E-state index contributed by atoms with van der Waals surface area (Å²) in [7, 11) is 0. The van der Waals surface area contributed by atoms with Gasteiger partial charge in [-0.1, -0.05) is 0 Å². The minimum Gasteiger partial charge on any atom is -0.422 e. The fraction of sp³-hybridized carbons (Fsp3) is 0.200. The second-order valence-electron chi connectivity index (χ2n) is 1.28. The average Bonchev–Trinajstić information content (AvgIpc) is 2.04. The van der Waals surface area contributed by atoms with Crippen LogP contribution in [0.3, 0.4) is 0 Å². The van der Waals surface area contributed by atoms with Crippen LogP contribution < -0.4 is 0 Å². The summed E-state index contributed by atoms with van der Waals surface area (Å²) in [6, 6.07) is 0. The number of esters is 2. The molecule has 0 N–H and O–H groups in total. The molecule has 60 valence electrons. The van der Waals surface area contributed by atoms with E-state index in [0.29, 0.717) is 0 Å². The molecule has 0 atom stereocenters. The van der Waals surface area contributed by atoms with Crippen molar-refractivity contribution in [2.75, 3.05) is 6.79 Å². The van der Waals surface area contributed by atoms with E-state index in [0.717, 1.165) is 0 Å². The van der Waals surface area contributed by atoms with Crippen LogP contribution in [-0.2, 0) is 28.7 Å². The van der Waals surface area contributed by atoms with E-state index in [1.165, 1.54) is 0 Å². The van der Waals surface area contributed by atoms with E-state index in [1.807, 2.05) is 0 Å². The van der Waals surface area contributed by atoms with Crippen molar-refractivity contribution in [3.63, 3.8) is 0 Å². The summed E-state index contributed by atoms with van der Waals surface area (Å²) < 4.78 is 7.91. The lowest BCUT2D eigenvalue weighted by atomic mass is 10.8. The Kier molecular flexibility index (Phi) is 4.30. The minimum atomic E-state index is -1.16. The van der Waals surface area contributed by atoms with E-state index < -0.39 is 18.7 Å². The van der Waals surface area contributed by atoms with Gasteiger partial charge in [0.2, 0.25) is 19.4 Å². The highest BCUT2D eigenvalue weighted by Gasteiger charge is 2.01. The summed E-state index contributed by atoms with van der Waals surface area (Å²) >= 11 is 0. The molecule has 0 aromatic carbocycles. The molecule has 0 radical (unpaired) electrons. The lowest BCUT2D eigenvalue weighted by Gasteiger charge is -1.98. The smallest absolute Gasteiger partial charge is 0.374 e. The number of carbonyl (C=O) groups is 4. The first-order valence-corrected chi connectivity index (χ1v) is 2.44. The SMILES string of the molecule is O=CC(=O)OCOC(=O)C=O. The topological polar surface area (TPSA) is 86.7 Å².